The Bertz CT molecular complexity index is 671. The fraction of sp³-hybridized carbons (Fsp3) is 0.267. The molecule has 1 aromatic carbocycles. The Morgan fingerprint density at radius 3 is 2.32 bits per heavy atom. The number of ketones is 1. The molecule has 1 aliphatic heterocycles. The van der Waals surface area contributed by atoms with Gasteiger partial charge in [0.2, 0.25) is 0 Å². The largest absolute Gasteiger partial charge is 0.419 e. The standard InChI is InChI=1S/C15H14BrNO5/c1-8(18)9-4-5-12(11(16)6-9)17-7-10-13(19)21-15(2,3)22-14(10)20/h4-7,17H,1-3H3. The third kappa shape index (κ3) is 3.54. The van der Waals surface area contributed by atoms with Crippen LogP contribution in [0.4, 0.5) is 5.69 Å². The molecule has 0 unspecified atom stereocenters. The van der Waals surface area contributed by atoms with Crippen molar-refractivity contribution in [3.8, 4) is 0 Å². The summed E-state index contributed by atoms with van der Waals surface area (Å²) >= 11 is 3.31. The highest BCUT2D eigenvalue weighted by atomic mass is 79.9. The lowest BCUT2D eigenvalue weighted by Crippen LogP contribution is -2.42. The minimum Gasteiger partial charge on any atom is -0.419 e. The van der Waals surface area contributed by atoms with Crippen molar-refractivity contribution < 1.29 is 23.9 Å². The first kappa shape index (κ1) is 16.2. The highest BCUT2D eigenvalue weighted by Crippen LogP contribution is 2.26. The van der Waals surface area contributed by atoms with Crippen molar-refractivity contribution in [3.05, 3.63) is 40.0 Å². The fourth-order valence-corrected chi connectivity index (χ4v) is 2.27. The Morgan fingerprint density at radius 2 is 1.82 bits per heavy atom. The van der Waals surface area contributed by atoms with Gasteiger partial charge in [0, 0.05) is 30.1 Å². The Morgan fingerprint density at radius 1 is 1.23 bits per heavy atom. The van der Waals surface area contributed by atoms with Gasteiger partial charge in [-0.1, -0.05) is 0 Å². The summed E-state index contributed by atoms with van der Waals surface area (Å²) < 4.78 is 10.6. The molecule has 1 heterocycles. The maximum Gasteiger partial charge on any atom is 0.350 e. The van der Waals surface area contributed by atoms with Gasteiger partial charge >= 0.3 is 11.9 Å². The van der Waals surface area contributed by atoms with Crippen molar-refractivity contribution in [2.75, 3.05) is 5.32 Å². The molecule has 1 aliphatic rings. The predicted molar refractivity (Wildman–Crippen MR) is 82.1 cm³/mol. The highest BCUT2D eigenvalue weighted by Gasteiger charge is 2.38. The number of esters is 2. The predicted octanol–water partition coefficient (Wildman–Crippen LogP) is 2.78. The SMILES string of the molecule is CC(=O)c1ccc(NC=C2C(=O)OC(C)(C)OC2=O)c(Br)c1. The topological polar surface area (TPSA) is 81.7 Å². The Hall–Kier alpha value is -2.15. The van der Waals surface area contributed by atoms with Crippen LogP contribution in [0.2, 0.25) is 0 Å². The molecular weight excluding hydrogens is 354 g/mol. The normalized spacial score (nSPS) is 16.6. The van der Waals surface area contributed by atoms with Crippen LogP contribution in [0.25, 0.3) is 0 Å². The number of ether oxygens (including phenoxy) is 2. The summed E-state index contributed by atoms with van der Waals surface area (Å²) in [5.74, 6) is -2.85. The van der Waals surface area contributed by atoms with Crippen LogP contribution in [0.1, 0.15) is 31.1 Å². The van der Waals surface area contributed by atoms with E-state index in [1.54, 1.807) is 18.2 Å². The number of hydrogen-bond acceptors (Lipinski definition) is 6. The average molecular weight is 368 g/mol. The molecule has 0 atom stereocenters. The first-order valence-corrected chi connectivity index (χ1v) is 7.23. The van der Waals surface area contributed by atoms with E-state index in [4.69, 9.17) is 9.47 Å². The van der Waals surface area contributed by atoms with E-state index < -0.39 is 17.7 Å². The zero-order valence-electron chi connectivity index (χ0n) is 12.2. The zero-order chi connectivity index (χ0) is 16.5. The number of hydrogen-bond donors (Lipinski definition) is 1. The molecule has 0 spiro atoms. The lowest BCUT2D eigenvalue weighted by molar-refractivity contribution is -0.222. The molecule has 6 nitrogen and oxygen atoms in total. The van der Waals surface area contributed by atoms with Crippen molar-refractivity contribution >= 4 is 39.3 Å². The van der Waals surface area contributed by atoms with E-state index in [0.717, 1.165) is 0 Å². The number of carbonyl (C=O) groups is 3. The molecule has 0 radical (unpaired) electrons. The summed E-state index contributed by atoms with van der Waals surface area (Å²) in [6, 6.07) is 4.93. The second-order valence-corrected chi connectivity index (χ2v) is 5.99. The van der Waals surface area contributed by atoms with Gasteiger partial charge in [0.05, 0.1) is 5.69 Å². The molecule has 1 N–H and O–H groups in total. The van der Waals surface area contributed by atoms with E-state index in [9.17, 15) is 14.4 Å². The van der Waals surface area contributed by atoms with Crippen molar-refractivity contribution in [1.29, 1.82) is 0 Å². The van der Waals surface area contributed by atoms with E-state index in [-0.39, 0.29) is 11.4 Å². The summed E-state index contributed by atoms with van der Waals surface area (Å²) in [5, 5.41) is 2.82. The molecule has 0 saturated carbocycles. The van der Waals surface area contributed by atoms with Gasteiger partial charge in [-0.15, -0.1) is 0 Å². The molecular formula is C15H14BrNO5. The van der Waals surface area contributed by atoms with E-state index >= 15 is 0 Å². The quantitative estimate of drug-likeness (QED) is 0.382. The molecule has 1 fully saturated rings. The number of Topliss-reactive ketones (excluding diaryl/α,β-unsaturated/α-hetero) is 1. The van der Waals surface area contributed by atoms with Crippen molar-refractivity contribution in [2.45, 2.75) is 26.6 Å². The Labute approximate surface area is 135 Å². The van der Waals surface area contributed by atoms with E-state index in [1.165, 1.54) is 27.0 Å². The Kier molecular flexibility index (Phi) is 4.37. The average Bonchev–Trinajstić information content (AvgIpc) is 2.37. The van der Waals surface area contributed by atoms with Crippen LogP contribution < -0.4 is 5.32 Å². The van der Waals surface area contributed by atoms with Gasteiger partial charge in [-0.25, -0.2) is 9.59 Å². The summed E-state index contributed by atoms with van der Waals surface area (Å²) in [7, 11) is 0. The number of rotatable bonds is 3. The van der Waals surface area contributed by atoms with E-state index in [1.807, 2.05) is 0 Å². The van der Waals surface area contributed by atoms with Gasteiger partial charge in [-0.2, -0.15) is 0 Å². The van der Waals surface area contributed by atoms with Crippen LogP contribution in [0, 0.1) is 0 Å². The number of benzene rings is 1. The molecule has 0 bridgehead atoms. The maximum absolute atomic E-state index is 11.8. The highest BCUT2D eigenvalue weighted by molar-refractivity contribution is 9.10. The monoisotopic (exact) mass is 367 g/mol. The second kappa shape index (κ2) is 5.92. The third-order valence-electron chi connectivity index (χ3n) is 2.86. The van der Waals surface area contributed by atoms with Crippen molar-refractivity contribution in [1.82, 2.24) is 0 Å². The molecule has 0 aliphatic carbocycles. The maximum atomic E-state index is 11.8. The first-order chi connectivity index (χ1) is 10.2. The smallest absolute Gasteiger partial charge is 0.350 e. The van der Waals surface area contributed by atoms with Gasteiger partial charge in [0.15, 0.2) is 11.4 Å². The molecule has 22 heavy (non-hydrogen) atoms. The fourth-order valence-electron chi connectivity index (χ4n) is 1.78. The van der Waals surface area contributed by atoms with Gasteiger partial charge in [0.25, 0.3) is 5.79 Å². The summed E-state index contributed by atoms with van der Waals surface area (Å²) in [6.45, 7) is 4.42. The molecule has 0 aromatic heterocycles. The number of anilines is 1. The van der Waals surface area contributed by atoms with Gasteiger partial charge in [0.1, 0.15) is 0 Å². The van der Waals surface area contributed by atoms with E-state index in [2.05, 4.69) is 21.2 Å². The molecule has 0 amide bonds. The van der Waals surface area contributed by atoms with E-state index in [0.29, 0.717) is 15.7 Å². The Balaban J connectivity index is 2.20. The molecule has 7 heteroatoms. The molecule has 1 saturated heterocycles. The van der Waals surface area contributed by atoms with Crippen LogP contribution in [0.3, 0.4) is 0 Å². The van der Waals surface area contributed by atoms with Crippen molar-refractivity contribution in [3.63, 3.8) is 0 Å². The summed E-state index contributed by atoms with van der Waals surface area (Å²) in [5.41, 5.74) is 0.896. The molecule has 116 valence electrons. The van der Waals surface area contributed by atoms with Crippen molar-refractivity contribution in [2.24, 2.45) is 0 Å². The number of carbonyl (C=O) groups excluding carboxylic acids is 3. The zero-order valence-corrected chi connectivity index (χ0v) is 13.8. The minimum absolute atomic E-state index is 0.0627. The van der Waals surface area contributed by atoms with Gasteiger partial charge in [-0.3, -0.25) is 4.79 Å². The van der Waals surface area contributed by atoms with Crippen LogP contribution in [-0.4, -0.2) is 23.5 Å². The number of cyclic esters (lactones) is 2. The summed E-state index contributed by atoms with van der Waals surface area (Å²) in [6.07, 6.45) is 1.22. The first-order valence-electron chi connectivity index (χ1n) is 6.43. The van der Waals surface area contributed by atoms with Crippen LogP contribution in [-0.2, 0) is 19.1 Å². The summed E-state index contributed by atoms with van der Waals surface area (Å²) in [4.78, 5) is 34.8. The molecule has 1 aromatic rings. The third-order valence-corrected chi connectivity index (χ3v) is 3.52. The molecule has 2 rings (SSSR count). The van der Waals surface area contributed by atoms with Gasteiger partial charge in [-0.05, 0) is 41.1 Å². The van der Waals surface area contributed by atoms with Gasteiger partial charge < -0.3 is 14.8 Å². The van der Waals surface area contributed by atoms with Crippen LogP contribution in [0.15, 0.2) is 34.4 Å². The van der Waals surface area contributed by atoms with Crippen LogP contribution in [0.5, 0.6) is 0 Å². The minimum atomic E-state index is -1.27. The number of nitrogens with one attached hydrogen (secondary N) is 1. The number of halogens is 1. The lowest BCUT2D eigenvalue weighted by atomic mass is 10.1. The second-order valence-electron chi connectivity index (χ2n) is 5.13. The van der Waals surface area contributed by atoms with Crippen LogP contribution >= 0.6 is 15.9 Å². The lowest BCUT2D eigenvalue weighted by Gasteiger charge is -2.29.